The summed E-state index contributed by atoms with van der Waals surface area (Å²) in [4.78, 5) is 36.6. The van der Waals surface area contributed by atoms with Crippen LogP contribution >= 0.6 is 0 Å². The Labute approximate surface area is 348 Å². The SMILES string of the molecule is CC/C=C\C/C=C\C/C=C\C/C=C\C/C=C\CCCCCCCCCCCCCC(=O)OC(COC(=O)CCCCCCC)COC(OCC[N+](C)(C)C)C(=O)[O-]. The Balaban J connectivity index is 4.14. The van der Waals surface area contributed by atoms with Crippen molar-refractivity contribution in [3.63, 3.8) is 0 Å². The Morgan fingerprint density at radius 3 is 1.49 bits per heavy atom. The molecule has 0 radical (unpaired) electrons. The maximum Gasteiger partial charge on any atom is 0.306 e. The van der Waals surface area contributed by atoms with E-state index in [4.69, 9.17) is 18.9 Å². The molecular formula is C48H83NO8. The number of carbonyl (C=O) groups is 3. The first-order valence-corrected chi connectivity index (χ1v) is 22.4. The van der Waals surface area contributed by atoms with Gasteiger partial charge in [-0.1, -0.05) is 158 Å². The number of ether oxygens (including phenoxy) is 4. The minimum Gasteiger partial charge on any atom is -0.545 e. The van der Waals surface area contributed by atoms with Gasteiger partial charge < -0.3 is 33.3 Å². The van der Waals surface area contributed by atoms with Crippen molar-refractivity contribution in [1.29, 1.82) is 0 Å². The second-order valence-electron chi connectivity index (χ2n) is 16.0. The number of hydrogen-bond acceptors (Lipinski definition) is 8. The van der Waals surface area contributed by atoms with Gasteiger partial charge in [0.25, 0.3) is 0 Å². The van der Waals surface area contributed by atoms with E-state index in [9.17, 15) is 19.5 Å². The van der Waals surface area contributed by atoms with E-state index < -0.39 is 24.3 Å². The van der Waals surface area contributed by atoms with Crippen molar-refractivity contribution in [2.24, 2.45) is 0 Å². The average molecular weight is 802 g/mol. The monoisotopic (exact) mass is 802 g/mol. The molecule has 0 fully saturated rings. The van der Waals surface area contributed by atoms with Gasteiger partial charge in [0.05, 0.1) is 40.3 Å². The van der Waals surface area contributed by atoms with Crippen molar-refractivity contribution in [1.82, 2.24) is 0 Å². The molecule has 0 aromatic rings. The van der Waals surface area contributed by atoms with Gasteiger partial charge in [-0.3, -0.25) is 9.59 Å². The maximum absolute atomic E-state index is 12.7. The summed E-state index contributed by atoms with van der Waals surface area (Å²) in [6.45, 7) is 4.51. The molecule has 0 N–H and O–H groups in total. The zero-order valence-corrected chi connectivity index (χ0v) is 36.9. The third kappa shape index (κ3) is 41.0. The number of allylic oxidation sites excluding steroid dienone is 10. The van der Waals surface area contributed by atoms with E-state index in [-0.39, 0.29) is 38.6 Å². The fraction of sp³-hybridized carbons (Fsp3) is 0.729. The zero-order valence-electron chi connectivity index (χ0n) is 36.9. The number of carboxylic acid groups (broad SMARTS) is 1. The van der Waals surface area contributed by atoms with E-state index >= 15 is 0 Å². The maximum atomic E-state index is 12.7. The van der Waals surface area contributed by atoms with Crippen LogP contribution in [0, 0.1) is 0 Å². The van der Waals surface area contributed by atoms with Crippen LogP contribution in [0.25, 0.3) is 0 Å². The second kappa shape index (κ2) is 39.8. The number of nitrogens with zero attached hydrogens (tertiary/aromatic N) is 1. The molecule has 328 valence electrons. The Bertz CT molecular complexity index is 1120. The van der Waals surface area contributed by atoms with E-state index in [1.807, 2.05) is 21.1 Å². The van der Waals surface area contributed by atoms with Gasteiger partial charge in [-0.05, 0) is 57.8 Å². The molecule has 9 nitrogen and oxygen atoms in total. The van der Waals surface area contributed by atoms with E-state index in [2.05, 4.69) is 74.6 Å². The average Bonchev–Trinajstić information content (AvgIpc) is 3.17. The summed E-state index contributed by atoms with van der Waals surface area (Å²) >= 11 is 0. The number of aliphatic carboxylic acids is 1. The van der Waals surface area contributed by atoms with Gasteiger partial charge in [0.15, 0.2) is 12.4 Å². The fourth-order valence-corrected chi connectivity index (χ4v) is 5.80. The molecule has 0 aliphatic rings. The van der Waals surface area contributed by atoms with Crippen molar-refractivity contribution < 1.29 is 42.9 Å². The molecule has 0 amide bonds. The van der Waals surface area contributed by atoms with Crippen LogP contribution in [0.3, 0.4) is 0 Å². The van der Waals surface area contributed by atoms with Crippen LogP contribution in [0.5, 0.6) is 0 Å². The van der Waals surface area contributed by atoms with Gasteiger partial charge in [-0.2, -0.15) is 0 Å². The van der Waals surface area contributed by atoms with Crippen LogP contribution in [0.4, 0.5) is 0 Å². The molecule has 0 bridgehead atoms. The van der Waals surface area contributed by atoms with Crippen molar-refractivity contribution >= 4 is 17.9 Å². The number of carbonyl (C=O) groups excluding carboxylic acids is 3. The number of carboxylic acids is 1. The lowest BCUT2D eigenvalue weighted by Gasteiger charge is -2.26. The molecule has 0 spiro atoms. The zero-order chi connectivity index (χ0) is 42.1. The standard InChI is InChI=1S/C48H83NO8/c1-6-8-10-12-13-14-15-16-17-18-19-20-21-22-23-24-25-26-27-28-29-30-31-32-33-35-37-39-46(51)57-44(42-55-45(50)38-36-34-11-9-7-2)43-56-48(47(52)53)54-41-40-49(3,4)5/h8,10,13-14,16-17,19-20,22-23,44,48H,6-7,9,11-12,15,18,21,24-43H2,1-5H3/b10-8-,14-13-,17-16-,20-19-,23-22-. The number of hydrogen-bond donors (Lipinski definition) is 0. The van der Waals surface area contributed by atoms with Crippen molar-refractivity contribution in [2.75, 3.05) is 47.5 Å². The lowest BCUT2D eigenvalue weighted by molar-refractivity contribution is -0.870. The quantitative estimate of drug-likeness (QED) is 0.0198. The van der Waals surface area contributed by atoms with Gasteiger partial charge in [0.1, 0.15) is 13.2 Å². The lowest BCUT2D eigenvalue weighted by Crippen LogP contribution is -2.44. The topological polar surface area (TPSA) is 111 Å². The summed E-state index contributed by atoms with van der Waals surface area (Å²) < 4.78 is 22.4. The van der Waals surface area contributed by atoms with E-state index in [0.29, 0.717) is 17.4 Å². The number of rotatable bonds is 40. The molecule has 0 aliphatic heterocycles. The number of quaternary nitrogens is 1. The summed E-state index contributed by atoms with van der Waals surface area (Å²) in [5, 5.41) is 11.6. The minimum atomic E-state index is -1.62. The molecule has 0 aromatic heterocycles. The Morgan fingerprint density at radius 1 is 0.544 bits per heavy atom. The normalized spacial score (nSPS) is 13.5. The molecule has 0 aliphatic carbocycles. The summed E-state index contributed by atoms with van der Waals surface area (Å²) in [7, 11) is 5.89. The highest BCUT2D eigenvalue weighted by atomic mass is 16.7. The Kier molecular flexibility index (Phi) is 37.7. The molecule has 9 heteroatoms. The predicted octanol–water partition coefficient (Wildman–Crippen LogP) is 10.4. The summed E-state index contributed by atoms with van der Waals surface area (Å²) in [5.41, 5.74) is 0. The van der Waals surface area contributed by atoms with Gasteiger partial charge in [-0.15, -0.1) is 0 Å². The molecule has 57 heavy (non-hydrogen) atoms. The van der Waals surface area contributed by atoms with Crippen LogP contribution in [-0.2, 0) is 33.3 Å². The fourth-order valence-electron chi connectivity index (χ4n) is 5.80. The smallest absolute Gasteiger partial charge is 0.306 e. The van der Waals surface area contributed by atoms with Crippen LogP contribution in [0.2, 0.25) is 0 Å². The van der Waals surface area contributed by atoms with Gasteiger partial charge in [0, 0.05) is 12.8 Å². The summed E-state index contributed by atoms with van der Waals surface area (Å²) in [6.07, 6.45) is 44.5. The first kappa shape index (κ1) is 54.0. The van der Waals surface area contributed by atoms with Crippen LogP contribution in [-0.4, -0.2) is 82.3 Å². The molecule has 2 unspecified atom stereocenters. The molecule has 0 rings (SSSR count). The second-order valence-corrected chi connectivity index (χ2v) is 16.0. The van der Waals surface area contributed by atoms with E-state index in [1.54, 1.807) is 0 Å². The third-order valence-electron chi connectivity index (χ3n) is 9.28. The van der Waals surface area contributed by atoms with Crippen molar-refractivity contribution in [3.05, 3.63) is 60.8 Å². The van der Waals surface area contributed by atoms with Crippen molar-refractivity contribution in [3.8, 4) is 0 Å². The largest absolute Gasteiger partial charge is 0.545 e. The highest BCUT2D eigenvalue weighted by Crippen LogP contribution is 2.14. The number of unbranched alkanes of at least 4 members (excludes halogenated alkanes) is 15. The lowest BCUT2D eigenvalue weighted by atomic mass is 10.0. The number of likely N-dealkylation sites (N-methyl/N-ethyl adjacent to an activating group) is 1. The van der Waals surface area contributed by atoms with Crippen molar-refractivity contribution in [2.45, 2.75) is 180 Å². The Hall–Kier alpha value is -3.01. The van der Waals surface area contributed by atoms with Gasteiger partial charge in [-0.25, -0.2) is 0 Å². The molecule has 0 saturated heterocycles. The molecule has 2 atom stereocenters. The van der Waals surface area contributed by atoms with Crippen LogP contribution in [0.1, 0.15) is 168 Å². The molecule has 0 aromatic carbocycles. The first-order valence-electron chi connectivity index (χ1n) is 22.4. The molecule has 0 heterocycles. The minimum absolute atomic E-state index is 0.145. The number of esters is 2. The first-order chi connectivity index (χ1) is 27.6. The van der Waals surface area contributed by atoms with Gasteiger partial charge in [0.2, 0.25) is 0 Å². The van der Waals surface area contributed by atoms with Gasteiger partial charge >= 0.3 is 11.9 Å². The van der Waals surface area contributed by atoms with Crippen LogP contribution < -0.4 is 5.11 Å². The van der Waals surface area contributed by atoms with Crippen LogP contribution in [0.15, 0.2) is 60.8 Å². The summed E-state index contributed by atoms with van der Waals surface area (Å²) in [6, 6.07) is 0. The Morgan fingerprint density at radius 2 is 1.00 bits per heavy atom. The molecule has 0 saturated carbocycles. The van der Waals surface area contributed by atoms with E-state index in [0.717, 1.165) is 89.9 Å². The highest BCUT2D eigenvalue weighted by Gasteiger charge is 2.21. The van der Waals surface area contributed by atoms with E-state index in [1.165, 1.54) is 44.9 Å². The molecular weight excluding hydrogens is 719 g/mol. The third-order valence-corrected chi connectivity index (χ3v) is 9.28. The predicted molar refractivity (Wildman–Crippen MR) is 232 cm³/mol. The summed E-state index contributed by atoms with van der Waals surface area (Å²) in [5.74, 6) is -2.31. The highest BCUT2D eigenvalue weighted by molar-refractivity contribution is 5.70.